The molecule has 0 bridgehead atoms. The molecule has 0 amide bonds. The van der Waals surface area contributed by atoms with Gasteiger partial charge in [-0.15, -0.1) is 0 Å². The molecule has 1 saturated carbocycles. The summed E-state index contributed by atoms with van der Waals surface area (Å²) < 4.78 is 5.97. The van der Waals surface area contributed by atoms with Crippen molar-refractivity contribution in [3.63, 3.8) is 0 Å². The van der Waals surface area contributed by atoms with E-state index in [-0.39, 0.29) is 0 Å². The van der Waals surface area contributed by atoms with Gasteiger partial charge in [-0.2, -0.15) is 0 Å². The van der Waals surface area contributed by atoms with Crippen LogP contribution in [0.5, 0.6) is 5.88 Å². The Morgan fingerprint density at radius 2 is 1.80 bits per heavy atom. The number of ether oxygens (including phenoxy) is 1. The maximum Gasteiger partial charge on any atom is 0.216 e. The van der Waals surface area contributed by atoms with E-state index >= 15 is 0 Å². The molecular weight excluding hydrogens is 314 g/mol. The van der Waals surface area contributed by atoms with Crippen LogP contribution in [0.4, 0.5) is 5.82 Å². The van der Waals surface area contributed by atoms with Crippen LogP contribution in [0.1, 0.15) is 49.4 Å². The Bertz CT molecular complexity index is 710. The summed E-state index contributed by atoms with van der Waals surface area (Å²) in [5, 5.41) is 0. The van der Waals surface area contributed by atoms with E-state index in [0.29, 0.717) is 11.8 Å². The lowest BCUT2D eigenvalue weighted by Crippen LogP contribution is -2.36. The van der Waals surface area contributed by atoms with Gasteiger partial charge in [0.25, 0.3) is 0 Å². The zero-order chi connectivity index (χ0) is 17.1. The van der Waals surface area contributed by atoms with Gasteiger partial charge in [0.05, 0.1) is 12.3 Å². The van der Waals surface area contributed by atoms with E-state index in [9.17, 15) is 0 Å². The van der Waals surface area contributed by atoms with E-state index in [1.165, 1.54) is 19.3 Å². The van der Waals surface area contributed by atoms with Crippen molar-refractivity contribution < 1.29 is 4.74 Å². The third-order valence-electron chi connectivity index (χ3n) is 5.38. The van der Waals surface area contributed by atoms with Crippen molar-refractivity contribution in [1.82, 2.24) is 19.9 Å². The van der Waals surface area contributed by atoms with Crippen molar-refractivity contribution >= 4 is 5.82 Å². The number of nitrogens with zero attached hydrogens (tertiary/aromatic N) is 5. The van der Waals surface area contributed by atoms with Crippen molar-refractivity contribution in [1.29, 1.82) is 0 Å². The average molecular weight is 339 g/mol. The molecule has 132 valence electrons. The second-order valence-electron chi connectivity index (χ2n) is 7.17. The lowest BCUT2D eigenvalue weighted by atomic mass is 9.83. The van der Waals surface area contributed by atoms with Crippen molar-refractivity contribution in [2.45, 2.75) is 44.9 Å². The number of rotatable bonds is 5. The van der Waals surface area contributed by atoms with E-state index in [1.807, 2.05) is 13.0 Å². The summed E-state index contributed by atoms with van der Waals surface area (Å²) in [5.74, 6) is 2.95. The van der Waals surface area contributed by atoms with Crippen LogP contribution in [0.25, 0.3) is 0 Å². The van der Waals surface area contributed by atoms with E-state index in [2.05, 4.69) is 30.9 Å². The van der Waals surface area contributed by atoms with Crippen LogP contribution in [-0.2, 0) is 0 Å². The summed E-state index contributed by atoms with van der Waals surface area (Å²) in [5.41, 5.74) is 2.16. The van der Waals surface area contributed by atoms with Crippen LogP contribution in [0.3, 0.4) is 0 Å². The fraction of sp³-hybridized carbons (Fsp3) is 0.579. The predicted octanol–water partition coefficient (Wildman–Crippen LogP) is 3.14. The molecule has 2 fully saturated rings. The van der Waals surface area contributed by atoms with E-state index in [1.54, 1.807) is 12.7 Å². The first kappa shape index (κ1) is 16.2. The average Bonchev–Trinajstić information content (AvgIpc) is 2.59. The Balaban J connectivity index is 1.27. The zero-order valence-corrected chi connectivity index (χ0v) is 14.8. The van der Waals surface area contributed by atoms with Crippen LogP contribution in [0.2, 0.25) is 0 Å². The van der Waals surface area contributed by atoms with Crippen LogP contribution in [0.15, 0.2) is 24.8 Å². The summed E-state index contributed by atoms with van der Waals surface area (Å²) in [6, 6.07) is 4.09. The number of aromatic nitrogens is 4. The van der Waals surface area contributed by atoms with Gasteiger partial charge in [-0.25, -0.2) is 19.9 Å². The lowest BCUT2D eigenvalue weighted by Gasteiger charge is -2.32. The monoisotopic (exact) mass is 339 g/mol. The number of aryl methyl sites for hydroxylation is 1. The fourth-order valence-corrected chi connectivity index (χ4v) is 3.51. The molecule has 1 saturated heterocycles. The molecule has 0 radical (unpaired) electrons. The largest absolute Gasteiger partial charge is 0.477 e. The first-order valence-corrected chi connectivity index (χ1v) is 9.26. The molecule has 3 heterocycles. The van der Waals surface area contributed by atoms with Gasteiger partial charge in [-0.05, 0) is 38.5 Å². The Labute approximate surface area is 148 Å². The van der Waals surface area contributed by atoms with Crippen LogP contribution in [0, 0.1) is 12.8 Å². The quantitative estimate of drug-likeness (QED) is 0.834. The molecule has 6 nitrogen and oxygen atoms in total. The fourth-order valence-electron chi connectivity index (χ4n) is 3.51. The maximum absolute atomic E-state index is 5.97. The van der Waals surface area contributed by atoms with Crippen molar-refractivity contribution in [3.05, 3.63) is 36.2 Å². The minimum Gasteiger partial charge on any atom is -0.477 e. The Morgan fingerprint density at radius 3 is 2.52 bits per heavy atom. The van der Waals surface area contributed by atoms with Gasteiger partial charge >= 0.3 is 0 Å². The molecule has 0 aromatic carbocycles. The van der Waals surface area contributed by atoms with E-state index < -0.39 is 0 Å². The topological polar surface area (TPSA) is 64.0 Å². The summed E-state index contributed by atoms with van der Waals surface area (Å²) in [6.45, 7) is 4.77. The molecule has 1 aliphatic heterocycles. The van der Waals surface area contributed by atoms with Crippen molar-refractivity contribution in [3.8, 4) is 5.88 Å². The third-order valence-corrected chi connectivity index (χ3v) is 5.38. The molecule has 6 heteroatoms. The van der Waals surface area contributed by atoms with Crippen molar-refractivity contribution in [2.75, 3.05) is 24.6 Å². The number of piperidine rings is 1. The Morgan fingerprint density at radius 1 is 1.00 bits per heavy atom. The summed E-state index contributed by atoms with van der Waals surface area (Å²) in [4.78, 5) is 19.6. The molecule has 25 heavy (non-hydrogen) atoms. The molecule has 2 aromatic rings. The molecule has 0 spiro atoms. The van der Waals surface area contributed by atoms with Gasteiger partial charge in [0.2, 0.25) is 5.88 Å². The minimum atomic E-state index is 0.571. The van der Waals surface area contributed by atoms with Crippen molar-refractivity contribution in [2.24, 2.45) is 5.92 Å². The normalized spacial score (nSPS) is 18.8. The molecule has 2 aliphatic rings. The highest BCUT2D eigenvalue weighted by Crippen LogP contribution is 2.35. The maximum atomic E-state index is 5.97. The highest BCUT2D eigenvalue weighted by molar-refractivity contribution is 5.39. The summed E-state index contributed by atoms with van der Waals surface area (Å²) >= 11 is 0. The molecule has 0 atom stereocenters. The first-order valence-electron chi connectivity index (χ1n) is 9.26. The van der Waals surface area contributed by atoms with Gasteiger partial charge in [0.15, 0.2) is 0 Å². The molecule has 0 N–H and O–H groups in total. The highest BCUT2D eigenvalue weighted by atomic mass is 16.5. The van der Waals surface area contributed by atoms with Gasteiger partial charge in [-0.1, -0.05) is 6.42 Å². The summed E-state index contributed by atoms with van der Waals surface area (Å²) in [6.07, 6.45) is 9.33. The third kappa shape index (κ3) is 3.89. The van der Waals surface area contributed by atoms with Gasteiger partial charge < -0.3 is 9.64 Å². The molecule has 2 aromatic heterocycles. The zero-order valence-electron chi connectivity index (χ0n) is 14.8. The van der Waals surface area contributed by atoms with Crippen LogP contribution in [-0.4, -0.2) is 39.6 Å². The first-order chi connectivity index (χ1) is 12.3. The second-order valence-corrected chi connectivity index (χ2v) is 7.17. The predicted molar refractivity (Wildman–Crippen MR) is 95.8 cm³/mol. The van der Waals surface area contributed by atoms with Crippen LogP contribution < -0.4 is 9.64 Å². The van der Waals surface area contributed by atoms with E-state index in [0.717, 1.165) is 55.6 Å². The summed E-state index contributed by atoms with van der Waals surface area (Å²) in [7, 11) is 0. The molecule has 4 rings (SSSR count). The van der Waals surface area contributed by atoms with Gasteiger partial charge in [0, 0.05) is 36.8 Å². The standard InChI is InChI=1S/C19H25N5O/c1-14-9-18(22-12-20-14)24-7-5-15(6-8-24)11-25-19-10-17(21-13-23-19)16-3-2-4-16/h9-10,12-13,15-16H,2-8,11H2,1H3. The SMILES string of the molecule is Cc1cc(N2CCC(COc3cc(C4CCC4)ncn3)CC2)ncn1. The van der Waals surface area contributed by atoms with Crippen LogP contribution >= 0.6 is 0 Å². The number of hydrogen-bond donors (Lipinski definition) is 0. The number of hydrogen-bond acceptors (Lipinski definition) is 6. The second kappa shape index (κ2) is 7.33. The molecule has 0 unspecified atom stereocenters. The Kier molecular flexibility index (Phi) is 4.76. The smallest absolute Gasteiger partial charge is 0.216 e. The van der Waals surface area contributed by atoms with E-state index in [4.69, 9.17) is 4.74 Å². The van der Waals surface area contributed by atoms with Gasteiger partial charge in [-0.3, -0.25) is 0 Å². The van der Waals surface area contributed by atoms with Gasteiger partial charge in [0.1, 0.15) is 18.5 Å². The number of anilines is 1. The minimum absolute atomic E-state index is 0.571. The Hall–Kier alpha value is -2.24. The molecular formula is C19H25N5O. The lowest BCUT2D eigenvalue weighted by molar-refractivity contribution is 0.215. The molecule has 1 aliphatic carbocycles. The highest BCUT2D eigenvalue weighted by Gasteiger charge is 2.23.